The highest BCUT2D eigenvalue weighted by Gasteiger charge is 2.07. The summed E-state index contributed by atoms with van der Waals surface area (Å²) in [4.78, 5) is 0. The third-order valence-corrected chi connectivity index (χ3v) is 3.51. The van der Waals surface area contributed by atoms with Crippen LogP contribution >= 0.6 is 0 Å². The normalized spacial score (nSPS) is 12.2. The van der Waals surface area contributed by atoms with Crippen LogP contribution in [0.25, 0.3) is 0 Å². The van der Waals surface area contributed by atoms with Gasteiger partial charge in [-0.15, -0.1) is 0 Å². The number of unbranched alkanes of at least 4 members (excludes halogenated alkanes) is 1. The monoisotopic (exact) mass is 269 g/mol. The van der Waals surface area contributed by atoms with E-state index in [0.29, 0.717) is 0 Å². The van der Waals surface area contributed by atoms with E-state index in [2.05, 4.69) is 47.8 Å². The number of rotatable bonds is 8. The largest absolute Gasteiger partial charge is 0.394 e. The smallest absolute Gasteiger partial charge is 0.0626 e. The lowest BCUT2D eigenvalue weighted by Crippen LogP contribution is -2.25. The van der Waals surface area contributed by atoms with Crippen LogP contribution in [0.15, 0.2) is 60.7 Å². The van der Waals surface area contributed by atoms with E-state index >= 15 is 0 Å². The molecule has 0 aliphatic rings. The Hall–Kier alpha value is -1.64. The number of aryl methyl sites for hydroxylation is 1. The van der Waals surface area contributed by atoms with E-state index in [9.17, 15) is 5.11 Å². The zero-order chi connectivity index (χ0) is 14.0. The average molecular weight is 269 g/mol. The minimum Gasteiger partial charge on any atom is -0.394 e. The van der Waals surface area contributed by atoms with Gasteiger partial charge in [0, 0.05) is 0 Å². The summed E-state index contributed by atoms with van der Waals surface area (Å²) in [5, 5.41) is 12.9. The third kappa shape index (κ3) is 4.80. The molecule has 0 aromatic heterocycles. The van der Waals surface area contributed by atoms with Gasteiger partial charge in [0.15, 0.2) is 0 Å². The fraction of sp³-hybridized carbons (Fsp3) is 0.333. The average Bonchev–Trinajstić information content (AvgIpc) is 2.53. The van der Waals surface area contributed by atoms with Crippen LogP contribution in [0.2, 0.25) is 0 Å². The van der Waals surface area contributed by atoms with Crippen LogP contribution < -0.4 is 5.32 Å². The minimum atomic E-state index is 0.0490. The lowest BCUT2D eigenvalue weighted by atomic mass is 10.1. The van der Waals surface area contributed by atoms with Gasteiger partial charge in [0.2, 0.25) is 0 Å². The molecule has 1 unspecified atom stereocenters. The van der Waals surface area contributed by atoms with E-state index in [1.807, 2.05) is 18.2 Å². The Morgan fingerprint density at radius 3 is 2.15 bits per heavy atom. The summed E-state index contributed by atoms with van der Waals surface area (Å²) in [7, 11) is 0. The maximum atomic E-state index is 9.45. The molecule has 20 heavy (non-hydrogen) atoms. The second-order valence-electron chi connectivity index (χ2n) is 5.04. The molecule has 2 rings (SSSR count). The van der Waals surface area contributed by atoms with E-state index in [4.69, 9.17) is 0 Å². The number of benzene rings is 2. The van der Waals surface area contributed by atoms with Crippen LogP contribution in [0.4, 0.5) is 0 Å². The van der Waals surface area contributed by atoms with E-state index < -0.39 is 0 Å². The first-order valence-corrected chi connectivity index (χ1v) is 7.33. The van der Waals surface area contributed by atoms with Crippen LogP contribution in [-0.4, -0.2) is 18.3 Å². The van der Waals surface area contributed by atoms with Crippen molar-refractivity contribution in [3.63, 3.8) is 0 Å². The first kappa shape index (κ1) is 14.8. The molecule has 2 N–H and O–H groups in total. The molecule has 2 nitrogen and oxygen atoms in total. The maximum Gasteiger partial charge on any atom is 0.0626 e. The summed E-state index contributed by atoms with van der Waals surface area (Å²) < 4.78 is 0. The Balaban J connectivity index is 1.67. The molecule has 1 atom stereocenters. The molecular formula is C18H23NO. The Morgan fingerprint density at radius 2 is 1.50 bits per heavy atom. The molecule has 0 saturated carbocycles. The molecule has 0 aliphatic heterocycles. The first-order valence-electron chi connectivity index (χ1n) is 7.33. The van der Waals surface area contributed by atoms with Crippen LogP contribution in [0.1, 0.15) is 30.0 Å². The Bertz CT molecular complexity index is 469. The van der Waals surface area contributed by atoms with Crippen molar-refractivity contribution in [3.8, 4) is 0 Å². The van der Waals surface area contributed by atoms with Crippen LogP contribution in [-0.2, 0) is 6.42 Å². The molecule has 0 saturated heterocycles. The second-order valence-corrected chi connectivity index (χ2v) is 5.04. The molecule has 106 valence electrons. The Morgan fingerprint density at radius 1 is 0.850 bits per heavy atom. The van der Waals surface area contributed by atoms with Crippen LogP contribution in [0, 0.1) is 0 Å². The molecule has 0 amide bonds. The molecule has 0 spiro atoms. The lowest BCUT2D eigenvalue weighted by Gasteiger charge is -2.16. The highest BCUT2D eigenvalue weighted by atomic mass is 16.3. The van der Waals surface area contributed by atoms with Gasteiger partial charge in [0.25, 0.3) is 0 Å². The van der Waals surface area contributed by atoms with Gasteiger partial charge in [0.05, 0.1) is 12.6 Å². The minimum absolute atomic E-state index is 0.0490. The van der Waals surface area contributed by atoms with Crippen LogP contribution in [0.5, 0.6) is 0 Å². The molecule has 0 aliphatic carbocycles. The van der Waals surface area contributed by atoms with E-state index in [-0.39, 0.29) is 12.6 Å². The SMILES string of the molecule is OCC(NCCCCc1ccccc1)c1ccccc1. The third-order valence-electron chi connectivity index (χ3n) is 3.51. The van der Waals surface area contributed by atoms with Crippen molar-refractivity contribution in [1.82, 2.24) is 5.32 Å². The molecule has 0 fully saturated rings. The van der Waals surface area contributed by atoms with E-state index in [1.165, 1.54) is 12.0 Å². The fourth-order valence-electron chi connectivity index (χ4n) is 2.35. The topological polar surface area (TPSA) is 32.3 Å². The molecular weight excluding hydrogens is 246 g/mol. The van der Waals surface area contributed by atoms with E-state index in [1.54, 1.807) is 0 Å². The van der Waals surface area contributed by atoms with Crippen molar-refractivity contribution in [2.24, 2.45) is 0 Å². The second kappa shape index (κ2) is 8.51. The Labute approximate surface area is 121 Å². The number of aliphatic hydroxyl groups is 1. The molecule has 0 bridgehead atoms. The summed E-state index contributed by atoms with van der Waals surface area (Å²) in [6, 6.07) is 20.7. The van der Waals surface area contributed by atoms with Gasteiger partial charge in [-0.2, -0.15) is 0 Å². The number of hydrogen-bond acceptors (Lipinski definition) is 2. The highest BCUT2D eigenvalue weighted by molar-refractivity contribution is 5.18. The lowest BCUT2D eigenvalue weighted by molar-refractivity contribution is 0.244. The van der Waals surface area contributed by atoms with E-state index in [0.717, 1.165) is 24.9 Å². The van der Waals surface area contributed by atoms with Gasteiger partial charge in [-0.1, -0.05) is 60.7 Å². The summed E-state index contributed by atoms with van der Waals surface area (Å²) in [6.45, 7) is 1.08. The summed E-state index contributed by atoms with van der Waals surface area (Å²) in [5.74, 6) is 0. The van der Waals surface area contributed by atoms with Gasteiger partial charge < -0.3 is 10.4 Å². The molecule has 2 aromatic carbocycles. The summed E-state index contributed by atoms with van der Waals surface area (Å²) in [6.07, 6.45) is 3.42. The number of nitrogens with one attached hydrogen (secondary N) is 1. The quantitative estimate of drug-likeness (QED) is 0.720. The molecule has 0 radical (unpaired) electrons. The standard InChI is InChI=1S/C18H23NO/c20-15-18(17-12-5-2-6-13-17)19-14-8-7-11-16-9-3-1-4-10-16/h1-6,9-10,12-13,18-20H,7-8,11,14-15H2. The predicted octanol–water partition coefficient (Wildman–Crippen LogP) is 3.33. The summed E-state index contributed by atoms with van der Waals surface area (Å²) >= 11 is 0. The maximum absolute atomic E-state index is 9.45. The number of aliphatic hydroxyl groups excluding tert-OH is 1. The molecule has 2 aromatic rings. The highest BCUT2D eigenvalue weighted by Crippen LogP contribution is 2.11. The van der Waals surface area contributed by atoms with Crippen molar-refractivity contribution < 1.29 is 5.11 Å². The fourth-order valence-corrected chi connectivity index (χ4v) is 2.35. The van der Waals surface area contributed by atoms with Gasteiger partial charge in [0.1, 0.15) is 0 Å². The number of hydrogen-bond donors (Lipinski definition) is 2. The summed E-state index contributed by atoms with van der Waals surface area (Å²) in [5.41, 5.74) is 2.55. The zero-order valence-electron chi connectivity index (χ0n) is 11.8. The first-order chi connectivity index (χ1) is 9.90. The zero-order valence-corrected chi connectivity index (χ0v) is 11.8. The van der Waals surface area contributed by atoms with Crippen molar-refractivity contribution in [1.29, 1.82) is 0 Å². The van der Waals surface area contributed by atoms with Gasteiger partial charge in [-0.3, -0.25) is 0 Å². The van der Waals surface area contributed by atoms with Crippen molar-refractivity contribution in [3.05, 3.63) is 71.8 Å². The van der Waals surface area contributed by atoms with Crippen molar-refractivity contribution >= 4 is 0 Å². The molecule has 0 heterocycles. The van der Waals surface area contributed by atoms with Crippen LogP contribution in [0.3, 0.4) is 0 Å². The predicted molar refractivity (Wildman–Crippen MR) is 83.7 cm³/mol. The van der Waals surface area contributed by atoms with Crippen molar-refractivity contribution in [2.75, 3.05) is 13.2 Å². The van der Waals surface area contributed by atoms with Gasteiger partial charge in [-0.25, -0.2) is 0 Å². The van der Waals surface area contributed by atoms with Crippen molar-refractivity contribution in [2.45, 2.75) is 25.3 Å². The van der Waals surface area contributed by atoms with Gasteiger partial charge >= 0.3 is 0 Å². The van der Waals surface area contributed by atoms with Gasteiger partial charge in [-0.05, 0) is 36.9 Å². The molecule has 2 heteroatoms. The Kier molecular flexibility index (Phi) is 6.28.